The summed E-state index contributed by atoms with van der Waals surface area (Å²) in [5.41, 5.74) is 11.1. The maximum absolute atomic E-state index is 6.10. The number of nitrogens with two attached hydrogens (primary N) is 1. The quantitative estimate of drug-likeness (QED) is 0.821. The maximum Gasteiger partial charge on any atom is 0.231 e. The third kappa shape index (κ3) is 1.90. The van der Waals surface area contributed by atoms with Crippen molar-refractivity contribution < 1.29 is 9.47 Å². The molecule has 2 N–H and O–H groups in total. The number of aromatic nitrogens is 1. The van der Waals surface area contributed by atoms with Crippen LogP contribution in [0.25, 0.3) is 11.1 Å². The molecule has 1 aliphatic heterocycles. The third-order valence-corrected chi connectivity index (χ3v) is 4.31. The second-order valence-corrected chi connectivity index (χ2v) is 5.59. The molecule has 2 aromatic rings. The second kappa shape index (κ2) is 4.96. The minimum Gasteiger partial charge on any atom is -0.454 e. The molecule has 2 aliphatic rings. The highest BCUT2D eigenvalue weighted by atomic mass is 16.7. The van der Waals surface area contributed by atoms with E-state index in [0.29, 0.717) is 11.4 Å². The number of pyridine rings is 1. The summed E-state index contributed by atoms with van der Waals surface area (Å²) in [7, 11) is 0. The van der Waals surface area contributed by atoms with Gasteiger partial charge in [-0.2, -0.15) is 0 Å². The Bertz CT molecular complexity index is 806. The summed E-state index contributed by atoms with van der Waals surface area (Å²) in [5.74, 6) is 4.68. The van der Waals surface area contributed by atoms with Crippen molar-refractivity contribution in [3.63, 3.8) is 0 Å². The fraction of sp³-hybridized carbons (Fsp3) is 0.278. The second-order valence-electron chi connectivity index (χ2n) is 5.59. The van der Waals surface area contributed by atoms with Gasteiger partial charge in [0, 0.05) is 11.3 Å². The lowest BCUT2D eigenvalue weighted by molar-refractivity contribution is 0.174. The summed E-state index contributed by atoms with van der Waals surface area (Å²) < 4.78 is 10.9. The number of anilines is 1. The van der Waals surface area contributed by atoms with Crippen molar-refractivity contribution in [1.82, 2.24) is 4.98 Å². The lowest BCUT2D eigenvalue weighted by Crippen LogP contribution is -2.11. The Morgan fingerprint density at radius 2 is 1.95 bits per heavy atom. The Labute approximate surface area is 129 Å². The number of benzene rings is 1. The first-order valence-electron chi connectivity index (χ1n) is 7.46. The van der Waals surface area contributed by atoms with Gasteiger partial charge in [0.25, 0.3) is 0 Å². The molecule has 1 aliphatic carbocycles. The zero-order valence-corrected chi connectivity index (χ0v) is 12.2. The van der Waals surface area contributed by atoms with Crippen molar-refractivity contribution in [2.75, 3.05) is 12.5 Å². The van der Waals surface area contributed by atoms with E-state index in [1.165, 1.54) is 5.56 Å². The van der Waals surface area contributed by atoms with Gasteiger partial charge in [-0.15, -0.1) is 6.42 Å². The minimum atomic E-state index is 0.261. The molecule has 0 saturated carbocycles. The van der Waals surface area contributed by atoms with Crippen LogP contribution in [0.3, 0.4) is 0 Å². The first-order valence-corrected chi connectivity index (χ1v) is 7.46. The molecule has 0 bridgehead atoms. The number of rotatable bonds is 1. The Hall–Kier alpha value is -2.67. The fourth-order valence-corrected chi connectivity index (χ4v) is 3.28. The Kier molecular flexibility index (Phi) is 2.93. The largest absolute Gasteiger partial charge is 0.454 e. The first kappa shape index (κ1) is 13.0. The first-order chi connectivity index (χ1) is 10.8. The molecule has 0 fully saturated rings. The Morgan fingerprint density at radius 3 is 2.82 bits per heavy atom. The van der Waals surface area contributed by atoms with E-state index in [2.05, 4.69) is 10.9 Å². The van der Waals surface area contributed by atoms with E-state index in [0.717, 1.165) is 54.0 Å². The lowest BCUT2D eigenvalue weighted by Gasteiger charge is -2.21. The maximum atomic E-state index is 6.10. The summed E-state index contributed by atoms with van der Waals surface area (Å²) in [6.07, 6.45) is 9.96. The normalized spacial score (nSPS) is 15.2. The van der Waals surface area contributed by atoms with Crippen molar-refractivity contribution in [3.05, 3.63) is 35.0 Å². The van der Waals surface area contributed by atoms with Gasteiger partial charge in [0.2, 0.25) is 6.79 Å². The highest BCUT2D eigenvalue weighted by Gasteiger charge is 2.23. The molecule has 0 spiro atoms. The van der Waals surface area contributed by atoms with Crippen LogP contribution < -0.4 is 15.2 Å². The van der Waals surface area contributed by atoms with Crippen molar-refractivity contribution >= 4 is 5.82 Å². The molecule has 0 unspecified atom stereocenters. The molecule has 0 atom stereocenters. The molecule has 0 amide bonds. The molecule has 1 aromatic carbocycles. The number of terminal acetylenes is 1. The molecule has 0 radical (unpaired) electrons. The minimum absolute atomic E-state index is 0.261. The topological polar surface area (TPSA) is 57.4 Å². The highest BCUT2D eigenvalue weighted by molar-refractivity contribution is 5.81. The van der Waals surface area contributed by atoms with Gasteiger partial charge < -0.3 is 15.2 Å². The van der Waals surface area contributed by atoms with Gasteiger partial charge in [-0.05, 0) is 48.9 Å². The van der Waals surface area contributed by atoms with Gasteiger partial charge in [-0.3, -0.25) is 0 Å². The SMILES string of the molecule is C#Cc1c(N)nc2c(c1-c1ccc3c(c1)OCO3)CCCC2. The standard InChI is InChI=1S/C18H16N2O2/c1-2-12-17(11-7-8-15-16(9-11)22-10-21-15)13-5-3-4-6-14(13)20-18(12)19/h1,7-9H,3-6,10H2,(H2,19,20). The number of hydrogen-bond donors (Lipinski definition) is 1. The lowest BCUT2D eigenvalue weighted by atomic mass is 9.86. The Balaban J connectivity index is 1.97. The number of nitrogen functional groups attached to an aromatic ring is 1. The molecule has 4 rings (SSSR count). The summed E-state index contributed by atoms with van der Waals surface area (Å²) in [6, 6.07) is 5.91. The molecular weight excluding hydrogens is 276 g/mol. The zero-order chi connectivity index (χ0) is 15.1. The molecule has 0 saturated heterocycles. The van der Waals surface area contributed by atoms with Gasteiger partial charge in [-0.1, -0.05) is 12.0 Å². The van der Waals surface area contributed by atoms with Crippen molar-refractivity contribution in [2.45, 2.75) is 25.7 Å². The molecule has 1 aromatic heterocycles. The van der Waals surface area contributed by atoms with Crippen LogP contribution in [0.5, 0.6) is 11.5 Å². The average Bonchev–Trinajstić information content (AvgIpc) is 3.01. The summed E-state index contributed by atoms with van der Waals surface area (Å²) in [6.45, 7) is 0.261. The number of aryl methyl sites for hydroxylation is 1. The number of fused-ring (bicyclic) bond motifs is 2. The van der Waals surface area contributed by atoms with Crippen LogP contribution in [0, 0.1) is 12.3 Å². The van der Waals surface area contributed by atoms with Gasteiger partial charge in [-0.25, -0.2) is 4.98 Å². The van der Waals surface area contributed by atoms with E-state index in [9.17, 15) is 0 Å². The smallest absolute Gasteiger partial charge is 0.231 e. The van der Waals surface area contributed by atoms with E-state index in [1.54, 1.807) is 0 Å². The molecule has 4 nitrogen and oxygen atoms in total. The van der Waals surface area contributed by atoms with E-state index >= 15 is 0 Å². The van der Waals surface area contributed by atoms with E-state index < -0.39 is 0 Å². The van der Waals surface area contributed by atoms with E-state index in [1.807, 2.05) is 18.2 Å². The van der Waals surface area contributed by atoms with Crippen LogP contribution in [0.1, 0.15) is 29.7 Å². The van der Waals surface area contributed by atoms with Crippen molar-refractivity contribution in [2.24, 2.45) is 0 Å². The molecule has 4 heteroatoms. The van der Waals surface area contributed by atoms with Crippen LogP contribution >= 0.6 is 0 Å². The van der Waals surface area contributed by atoms with Gasteiger partial charge >= 0.3 is 0 Å². The van der Waals surface area contributed by atoms with Crippen LogP contribution in [-0.4, -0.2) is 11.8 Å². The van der Waals surface area contributed by atoms with Gasteiger partial charge in [0.1, 0.15) is 5.82 Å². The highest BCUT2D eigenvalue weighted by Crippen LogP contribution is 2.40. The molecular formula is C18H16N2O2. The predicted molar refractivity (Wildman–Crippen MR) is 84.8 cm³/mol. The summed E-state index contributed by atoms with van der Waals surface area (Å²) >= 11 is 0. The summed E-state index contributed by atoms with van der Waals surface area (Å²) in [4.78, 5) is 4.52. The fourth-order valence-electron chi connectivity index (χ4n) is 3.28. The van der Waals surface area contributed by atoms with Crippen molar-refractivity contribution in [3.8, 4) is 35.0 Å². The summed E-state index contributed by atoms with van der Waals surface area (Å²) in [5, 5.41) is 0. The van der Waals surface area contributed by atoms with Crippen LogP contribution in [-0.2, 0) is 12.8 Å². The predicted octanol–water partition coefficient (Wildman–Crippen LogP) is 2.92. The van der Waals surface area contributed by atoms with Crippen LogP contribution in [0.15, 0.2) is 18.2 Å². The van der Waals surface area contributed by atoms with Crippen molar-refractivity contribution in [1.29, 1.82) is 0 Å². The average molecular weight is 292 g/mol. The van der Waals surface area contributed by atoms with Gasteiger partial charge in [0.15, 0.2) is 11.5 Å². The monoisotopic (exact) mass is 292 g/mol. The molecule has 2 heterocycles. The molecule has 22 heavy (non-hydrogen) atoms. The number of nitrogens with zero attached hydrogens (tertiary/aromatic N) is 1. The molecule has 110 valence electrons. The Morgan fingerprint density at radius 1 is 1.14 bits per heavy atom. The van der Waals surface area contributed by atoms with E-state index in [-0.39, 0.29) is 6.79 Å². The third-order valence-electron chi connectivity index (χ3n) is 4.31. The zero-order valence-electron chi connectivity index (χ0n) is 12.2. The van der Waals surface area contributed by atoms with E-state index in [4.69, 9.17) is 21.6 Å². The number of ether oxygens (including phenoxy) is 2. The number of hydrogen-bond acceptors (Lipinski definition) is 4. The van der Waals surface area contributed by atoms with Crippen LogP contribution in [0.4, 0.5) is 5.82 Å². The van der Waals surface area contributed by atoms with Gasteiger partial charge in [0.05, 0.1) is 5.56 Å². The van der Waals surface area contributed by atoms with Crippen LogP contribution in [0.2, 0.25) is 0 Å².